The Morgan fingerprint density at radius 3 is 2.44 bits per heavy atom. The van der Waals surface area contributed by atoms with Crippen LogP contribution in [0.1, 0.15) is 58.8 Å². The van der Waals surface area contributed by atoms with Gasteiger partial charge in [0.2, 0.25) is 0 Å². The van der Waals surface area contributed by atoms with Crippen molar-refractivity contribution in [1.82, 2.24) is 5.32 Å². The van der Waals surface area contributed by atoms with E-state index in [2.05, 4.69) is 19.2 Å². The van der Waals surface area contributed by atoms with Gasteiger partial charge in [-0.05, 0) is 43.6 Å². The van der Waals surface area contributed by atoms with Crippen LogP contribution < -0.4 is 11.1 Å². The fourth-order valence-electron chi connectivity index (χ4n) is 3.39. The molecular weight excluding hydrogens is 196 g/mol. The third kappa shape index (κ3) is 2.78. The Morgan fingerprint density at radius 2 is 2.00 bits per heavy atom. The minimum Gasteiger partial charge on any atom is -0.329 e. The summed E-state index contributed by atoms with van der Waals surface area (Å²) in [5.74, 6) is 1.01. The Bertz CT molecular complexity index is 233. The molecule has 2 heteroatoms. The molecule has 0 aromatic rings. The molecule has 2 fully saturated rings. The van der Waals surface area contributed by atoms with Crippen molar-refractivity contribution in [2.75, 3.05) is 13.1 Å². The van der Waals surface area contributed by atoms with E-state index in [0.717, 1.165) is 12.5 Å². The Kier molecular flexibility index (Phi) is 3.60. The van der Waals surface area contributed by atoms with Crippen LogP contribution in [-0.2, 0) is 0 Å². The SMILES string of the molecule is CC1(C)CCC(CN)(NCCC2CCC2)C1. The van der Waals surface area contributed by atoms with Gasteiger partial charge in [0.05, 0.1) is 0 Å². The number of nitrogens with two attached hydrogens (primary N) is 1. The molecule has 2 saturated carbocycles. The van der Waals surface area contributed by atoms with E-state index < -0.39 is 0 Å². The average molecular weight is 224 g/mol. The van der Waals surface area contributed by atoms with Gasteiger partial charge >= 0.3 is 0 Å². The quantitative estimate of drug-likeness (QED) is 0.753. The van der Waals surface area contributed by atoms with Crippen LogP contribution in [0, 0.1) is 11.3 Å². The minimum absolute atomic E-state index is 0.257. The van der Waals surface area contributed by atoms with Crippen molar-refractivity contribution in [1.29, 1.82) is 0 Å². The molecular formula is C14H28N2. The molecule has 0 amide bonds. The summed E-state index contributed by atoms with van der Waals surface area (Å²) >= 11 is 0. The highest BCUT2D eigenvalue weighted by atomic mass is 15.0. The van der Waals surface area contributed by atoms with E-state index in [9.17, 15) is 0 Å². The predicted octanol–water partition coefficient (Wildman–Crippen LogP) is 2.67. The van der Waals surface area contributed by atoms with Gasteiger partial charge in [0.25, 0.3) is 0 Å². The van der Waals surface area contributed by atoms with Crippen molar-refractivity contribution in [3.63, 3.8) is 0 Å². The van der Waals surface area contributed by atoms with Crippen LogP contribution in [-0.4, -0.2) is 18.6 Å². The highest BCUT2D eigenvalue weighted by molar-refractivity contribution is 5.00. The molecule has 3 N–H and O–H groups in total. The molecule has 0 spiro atoms. The maximum atomic E-state index is 5.99. The zero-order valence-electron chi connectivity index (χ0n) is 11.0. The fraction of sp³-hybridized carbons (Fsp3) is 1.00. The van der Waals surface area contributed by atoms with Crippen molar-refractivity contribution in [3.8, 4) is 0 Å². The Hall–Kier alpha value is -0.0800. The van der Waals surface area contributed by atoms with Crippen LogP contribution in [0.2, 0.25) is 0 Å². The van der Waals surface area contributed by atoms with Crippen LogP contribution in [0.5, 0.6) is 0 Å². The van der Waals surface area contributed by atoms with Gasteiger partial charge < -0.3 is 11.1 Å². The van der Waals surface area contributed by atoms with Gasteiger partial charge in [0.1, 0.15) is 0 Å². The van der Waals surface area contributed by atoms with Gasteiger partial charge in [0, 0.05) is 12.1 Å². The molecule has 0 bridgehead atoms. The minimum atomic E-state index is 0.257. The molecule has 0 aromatic heterocycles. The van der Waals surface area contributed by atoms with Crippen molar-refractivity contribution in [2.45, 2.75) is 64.3 Å². The van der Waals surface area contributed by atoms with Gasteiger partial charge in [0.15, 0.2) is 0 Å². The molecule has 0 saturated heterocycles. The van der Waals surface area contributed by atoms with Gasteiger partial charge in [-0.25, -0.2) is 0 Å². The second-order valence-corrected chi connectivity index (χ2v) is 6.84. The van der Waals surface area contributed by atoms with Crippen LogP contribution in [0.15, 0.2) is 0 Å². The molecule has 16 heavy (non-hydrogen) atoms. The normalized spacial score (nSPS) is 33.9. The lowest BCUT2D eigenvalue weighted by molar-refractivity contribution is 0.252. The van der Waals surface area contributed by atoms with Crippen LogP contribution >= 0.6 is 0 Å². The van der Waals surface area contributed by atoms with E-state index in [1.807, 2.05) is 0 Å². The van der Waals surface area contributed by atoms with Crippen LogP contribution in [0.3, 0.4) is 0 Å². The molecule has 0 aliphatic heterocycles. The van der Waals surface area contributed by atoms with Crippen LogP contribution in [0.4, 0.5) is 0 Å². The molecule has 1 unspecified atom stereocenters. The monoisotopic (exact) mass is 224 g/mol. The van der Waals surface area contributed by atoms with E-state index >= 15 is 0 Å². The Labute approximate surface area is 100 Å². The summed E-state index contributed by atoms with van der Waals surface area (Å²) in [4.78, 5) is 0. The molecule has 2 aliphatic rings. The Morgan fingerprint density at radius 1 is 1.25 bits per heavy atom. The average Bonchev–Trinajstić information content (AvgIpc) is 2.47. The summed E-state index contributed by atoms with van der Waals surface area (Å²) in [6, 6.07) is 0. The zero-order valence-corrected chi connectivity index (χ0v) is 11.0. The number of hydrogen-bond acceptors (Lipinski definition) is 2. The lowest BCUT2D eigenvalue weighted by Crippen LogP contribution is -2.50. The lowest BCUT2D eigenvalue weighted by atomic mass is 9.82. The molecule has 94 valence electrons. The maximum absolute atomic E-state index is 5.99. The number of hydrogen-bond donors (Lipinski definition) is 2. The predicted molar refractivity (Wildman–Crippen MR) is 69.4 cm³/mol. The van der Waals surface area contributed by atoms with Gasteiger partial charge in [-0.1, -0.05) is 33.1 Å². The van der Waals surface area contributed by atoms with Crippen molar-refractivity contribution < 1.29 is 0 Å². The summed E-state index contributed by atoms with van der Waals surface area (Å²) in [7, 11) is 0. The highest BCUT2D eigenvalue weighted by Gasteiger charge is 2.41. The summed E-state index contributed by atoms with van der Waals surface area (Å²) in [6.45, 7) is 6.73. The topological polar surface area (TPSA) is 38.0 Å². The van der Waals surface area contributed by atoms with Gasteiger partial charge in [-0.2, -0.15) is 0 Å². The van der Waals surface area contributed by atoms with Crippen LogP contribution in [0.25, 0.3) is 0 Å². The molecule has 2 nitrogen and oxygen atoms in total. The Balaban J connectivity index is 1.76. The summed E-state index contributed by atoms with van der Waals surface area (Å²) < 4.78 is 0. The smallest absolute Gasteiger partial charge is 0.0309 e. The zero-order chi connectivity index (χ0) is 11.6. The molecule has 0 heterocycles. The molecule has 2 rings (SSSR count). The third-order valence-electron chi connectivity index (χ3n) is 4.77. The van der Waals surface area contributed by atoms with E-state index in [1.165, 1.54) is 51.5 Å². The standard InChI is InChI=1S/C14H28N2/c1-13(2)7-8-14(10-13,11-15)16-9-6-12-4-3-5-12/h12,16H,3-11,15H2,1-2H3. The summed E-state index contributed by atoms with van der Waals surface area (Å²) in [5, 5.41) is 3.77. The molecule has 2 aliphatic carbocycles. The van der Waals surface area contributed by atoms with Crippen molar-refractivity contribution in [2.24, 2.45) is 17.1 Å². The highest BCUT2D eigenvalue weighted by Crippen LogP contribution is 2.43. The first-order valence-corrected chi connectivity index (χ1v) is 7.00. The lowest BCUT2D eigenvalue weighted by Gasteiger charge is -2.33. The summed E-state index contributed by atoms with van der Waals surface area (Å²) in [5.41, 5.74) is 6.74. The second-order valence-electron chi connectivity index (χ2n) is 6.84. The number of rotatable bonds is 5. The van der Waals surface area contributed by atoms with Crippen molar-refractivity contribution >= 4 is 0 Å². The molecule has 1 atom stereocenters. The van der Waals surface area contributed by atoms with E-state index in [4.69, 9.17) is 5.73 Å². The first-order chi connectivity index (χ1) is 7.55. The molecule has 0 aromatic carbocycles. The maximum Gasteiger partial charge on any atom is 0.0309 e. The fourth-order valence-corrected chi connectivity index (χ4v) is 3.39. The number of nitrogens with one attached hydrogen (secondary N) is 1. The van der Waals surface area contributed by atoms with E-state index in [1.54, 1.807) is 0 Å². The van der Waals surface area contributed by atoms with E-state index in [0.29, 0.717) is 5.41 Å². The van der Waals surface area contributed by atoms with Gasteiger partial charge in [-0.15, -0.1) is 0 Å². The largest absolute Gasteiger partial charge is 0.329 e. The summed E-state index contributed by atoms with van der Waals surface area (Å²) in [6.07, 6.45) is 9.58. The molecule has 0 radical (unpaired) electrons. The first-order valence-electron chi connectivity index (χ1n) is 7.00. The first kappa shape index (κ1) is 12.4. The third-order valence-corrected chi connectivity index (χ3v) is 4.77. The van der Waals surface area contributed by atoms with Gasteiger partial charge in [-0.3, -0.25) is 0 Å². The van der Waals surface area contributed by atoms with E-state index in [-0.39, 0.29) is 5.54 Å². The van der Waals surface area contributed by atoms with Crippen molar-refractivity contribution in [3.05, 3.63) is 0 Å². The second kappa shape index (κ2) is 4.66.